The minimum absolute atomic E-state index is 0.577. The number of fused-ring (bicyclic) bond motifs is 12. The predicted octanol–water partition coefficient (Wildman–Crippen LogP) is 26.8. The molecule has 0 aliphatic carbocycles. The van der Waals surface area contributed by atoms with Gasteiger partial charge in [-0.15, -0.1) is 45.3 Å². The van der Waals surface area contributed by atoms with Crippen LogP contribution in [0.2, 0.25) is 0 Å². The second kappa shape index (κ2) is 26.2. The Labute approximate surface area is 614 Å². The molecule has 6 heterocycles. The normalized spacial score (nSPS) is 11.4. The van der Waals surface area contributed by atoms with E-state index in [-0.39, 0.29) is 0 Å². The van der Waals surface area contributed by atoms with E-state index in [4.69, 9.17) is 19.9 Å². The van der Waals surface area contributed by atoms with E-state index in [1.165, 1.54) is 91.8 Å². The Morgan fingerprint density at radius 2 is 0.519 bits per heavy atom. The van der Waals surface area contributed by atoms with Gasteiger partial charge in [0.25, 0.3) is 0 Å². The molecule has 0 saturated carbocycles. The minimum atomic E-state index is 0.577. The summed E-state index contributed by atoms with van der Waals surface area (Å²) < 4.78 is 10.2. The second-order valence-electron chi connectivity index (χ2n) is 25.7. The molecule has 0 amide bonds. The molecule has 20 rings (SSSR count). The molecule has 0 spiro atoms. The van der Waals surface area contributed by atoms with Crippen LogP contribution in [0.1, 0.15) is 11.1 Å². The van der Waals surface area contributed by atoms with E-state index >= 15 is 0 Å². The van der Waals surface area contributed by atoms with Gasteiger partial charge in [-0.25, -0.2) is 19.9 Å². The standard InChI is InChI=1S/2C47H27N3S2/c48-28-30-14-4-5-15-34(30)42-27-41(49-47(50-42)29-12-2-1-3-13-29)33-25-31(35-18-10-20-39-37-16-6-8-22-43(37)51-45(35)39)24-32(26-33)36-19-11-21-40-38-17-7-9-23-44(38)52-46(36)40;48-28-32-12-4-5-13-36(32)42-27-41(49-47(50-42)29-10-2-1-3-11-29)35-23-33(30-18-20-45-39(25-30)37-14-6-8-16-43(37)51-45)22-34(24-35)31-19-21-46-40(26-31)38-15-7-9-17-44(38)52-46/h2*1-27H. The van der Waals surface area contributed by atoms with Crippen LogP contribution >= 0.6 is 45.3 Å². The van der Waals surface area contributed by atoms with Gasteiger partial charge in [0.2, 0.25) is 0 Å². The summed E-state index contributed by atoms with van der Waals surface area (Å²) in [6, 6.07) is 119. The highest BCUT2D eigenvalue weighted by Gasteiger charge is 2.21. The van der Waals surface area contributed by atoms with Crippen molar-refractivity contribution in [2.75, 3.05) is 0 Å². The molecular weight excluding hydrogens is 1340 g/mol. The van der Waals surface area contributed by atoms with Crippen molar-refractivity contribution in [3.63, 3.8) is 0 Å². The summed E-state index contributed by atoms with van der Waals surface area (Å²) in [6.45, 7) is 0. The Kier molecular flexibility index (Phi) is 15.7. The average Bonchev–Trinajstić information content (AvgIpc) is 1.52. The molecule has 0 atom stereocenters. The lowest BCUT2D eigenvalue weighted by molar-refractivity contribution is 1.18. The first-order chi connectivity index (χ1) is 51.4. The molecule has 0 bridgehead atoms. The van der Waals surface area contributed by atoms with Crippen molar-refractivity contribution in [2.24, 2.45) is 0 Å². The van der Waals surface area contributed by atoms with Gasteiger partial charge in [0.15, 0.2) is 11.6 Å². The third-order valence-corrected chi connectivity index (χ3v) is 24.2. The molecule has 0 aliphatic rings. The van der Waals surface area contributed by atoms with Gasteiger partial charge in [-0.3, -0.25) is 0 Å². The van der Waals surface area contributed by atoms with E-state index in [0.29, 0.717) is 34.2 Å². The van der Waals surface area contributed by atoms with Crippen LogP contribution in [0.15, 0.2) is 328 Å². The Morgan fingerprint density at radius 1 is 0.202 bits per heavy atom. The number of nitriles is 2. The molecule has 10 heteroatoms. The maximum Gasteiger partial charge on any atom is 0.160 e. The van der Waals surface area contributed by atoms with E-state index in [9.17, 15) is 10.5 Å². The molecule has 14 aromatic carbocycles. The van der Waals surface area contributed by atoms with Crippen molar-refractivity contribution in [2.45, 2.75) is 0 Å². The summed E-state index contributed by atoms with van der Waals surface area (Å²) >= 11 is 7.35. The van der Waals surface area contributed by atoms with Crippen molar-refractivity contribution in [1.29, 1.82) is 10.5 Å². The van der Waals surface area contributed by atoms with Gasteiger partial charge in [-0.05, 0) is 154 Å². The quantitative estimate of drug-likeness (QED) is 0.135. The van der Waals surface area contributed by atoms with Gasteiger partial charge in [0, 0.05) is 114 Å². The van der Waals surface area contributed by atoms with Crippen molar-refractivity contribution >= 4 is 126 Å². The highest BCUT2D eigenvalue weighted by atomic mass is 32.1. The molecule has 0 fully saturated rings. The molecule has 20 aromatic rings. The summed E-state index contributed by atoms with van der Waals surface area (Å²) in [5.41, 5.74) is 18.7. The Morgan fingerprint density at radius 3 is 0.952 bits per heavy atom. The number of rotatable bonds is 10. The summed E-state index contributed by atoms with van der Waals surface area (Å²) in [4.78, 5) is 20.5. The molecule has 0 N–H and O–H groups in total. The smallest absolute Gasteiger partial charge is 0.160 e. The van der Waals surface area contributed by atoms with Crippen LogP contribution in [-0.4, -0.2) is 19.9 Å². The van der Waals surface area contributed by atoms with Gasteiger partial charge < -0.3 is 0 Å². The van der Waals surface area contributed by atoms with E-state index in [1.807, 2.05) is 167 Å². The molecule has 0 saturated heterocycles. The van der Waals surface area contributed by atoms with Gasteiger partial charge in [-0.2, -0.15) is 10.5 Å². The van der Waals surface area contributed by atoms with Crippen molar-refractivity contribution < 1.29 is 0 Å². The Balaban J connectivity index is 0.000000143. The lowest BCUT2D eigenvalue weighted by Crippen LogP contribution is -1.97. The zero-order valence-corrected chi connectivity index (χ0v) is 58.8. The highest BCUT2D eigenvalue weighted by Crippen LogP contribution is 2.47. The number of hydrogen-bond acceptors (Lipinski definition) is 10. The predicted molar refractivity (Wildman–Crippen MR) is 439 cm³/mol. The largest absolute Gasteiger partial charge is 0.228 e. The van der Waals surface area contributed by atoms with Crippen molar-refractivity contribution in [1.82, 2.24) is 19.9 Å². The van der Waals surface area contributed by atoms with Crippen molar-refractivity contribution in [3.05, 3.63) is 339 Å². The first kappa shape index (κ1) is 62.1. The summed E-state index contributed by atoms with van der Waals surface area (Å²) in [7, 11) is 0. The highest BCUT2D eigenvalue weighted by molar-refractivity contribution is 7.27. The maximum absolute atomic E-state index is 10.1. The third-order valence-electron chi connectivity index (χ3n) is 19.5. The first-order valence-corrected chi connectivity index (χ1v) is 37.5. The molecule has 0 radical (unpaired) electrons. The number of hydrogen-bond donors (Lipinski definition) is 0. The third kappa shape index (κ3) is 11.3. The molecule has 0 unspecified atom stereocenters. The van der Waals surface area contributed by atoms with E-state index in [1.54, 1.807) is 0 Å². The minimum Gasteiger partial charge on any atom is -0.228 e. The number of thiophene rings is 4. The van der Waals surface area contributed by atoms with Crippen LogP contribution in [0.25, 0.3) is 193 Å². The lowest BCUT2D eigenvalue weighted by Gasteiger charge is -2.14. The van der Waals surface area contributed by atoms with Gasteiger partial charge in [-0.1, -0.05) is 218 Å². The molecule has 484 valence electrons. The van der Waals surface area contributed by atoms with Crippen LogP contribution in [0.5, 0.6) is 0 Å². The van der Waals surface area contributed by atoms with Gasteiger partial charge >= 0.3 is 0 Å². The summed E-state index contributed by atoms with van der Waals surface area (Å²) in [5.74, 6) is 1.23. The number of nitrogens with zero attached hydrogens (tertiary/aromatic N) is 6. The fraction of sp³-hybridized carbons (Fsp3) is 0. The zero-order chi connectivity index (χ0) is 69.2. The molecule has 104 heavy (non-hydrogen) atoms. The summed E-state index contributed by atoms with van der Waals surface area (Å²) in [6.07, 6.45) is 0. The SMILES string of the molecule is N#Cc1ccccc1-c1cc(-c2cc(-c3ccc4sc5ccccc5c4c3)cc(-c3ccc4sc5ccccc5c4c3)c2)nc(-c2ccccc2)n1.N#Cc1ccccc1-c1cc(-c2cc(-c3cccc4c3sc3ccccc34)cc(-c3cccc4c3sc3ccccc34)c2)nc(-c2ccccc2)n1. The Bertz CT molecular complexity index is 6650. The van der Waals surface area contributed by atoms with Crippen LogP contribution in [0, 0.1) is 22.7 Å². The van der Waals surface area contributed by atoms with Crippen LogP contribution in [0.4, 0.5) is 0 Å². The van der Waals surface area contributed by atoms with E-state index in [2.05, 4.69) is 218 Å². The van der Waals surface area contributed by atoms with Crippen LogP contribution < -0.4 is 0 Å². The summed E-state index contributed by atoms with van der Waals surface area (Å²) in [5, 5.41) is 30.3. The number of benzene rings is 14. The van der Waals surface area contributed by atoms with E-state index < -0.39 is 0 Å². The zero-order valence-electron chi connectivity index (χ0n) is 55.5. The molecule has 0 aliphatic heterocycles. The molecule has 6 nitrogen and oxygen atoms in total. The fourth-order valence-corrected chi connectivity index (χ4v) is 19.1. The second-order valence-corrected chi connectivity index (χ2v) is 30.0. The molecular formula is C94H54N6S4. The topological polar surface area (TPSA) is 99.1 Å². The average molecular weight is 1400 g/mol. The molecule has 6 aromatic heterocycles. The van der Waals surface area contributed by atoms with E-state index in [0.717, 1.165) is 78.1 Å². The van der Waals surface area contributed by atoms with Crippen LogP contribution in [-0.2, 0) is 0 Å². The monoisotopic (exact) mass is 1390 g/mol. The van der Waals surface area contributed by atoms with Gasteiger partial charge in [0.05, 0.1) is 46.0 Å². The number of aromatic nitrogens is 4. The fourth-order valence-electron chi connectivity index (χ4n) is 14.5. The Hall–Kier alpha value is -12.9. The lowest BCUT2D eigenvalue weighted by atomic mass is 9.93. The van der Waals surface area contributed by atoms with Crippen molar-refractivity contribution in [3.8, 4) is 124 Å². The maximum atomic E-state index is 10.1. The van der Waals surface area contributed by atoms with Gasteiger partial charge in [0.1, 0.15) is 0 Å². The van der Waals surface area contributed by atoms with Crippen LogP contribution in [0.3, 0.4) is 0 Å². The first-order valence-electron chi connectivity index (χ1n) is 34.2.